The smallest absolute Gasteiger partial charge is 0.115 e. The van der Waals surface area contributed by atoms with Crippen molar-refractivity contribution in [2.75, 3.05) is 13.6 Å². The monoisotopic (exact) mass is 247 g/mol. The number of fused-ring (bicyclic) bond motifs is 1. The second-order valence-electron chi connectivity index (χ2n) is 5.74. The Labute approximate surface area is 111 Å². The predicted octanol–water partition coefficient (Wildman–Crippen LogP) is 3.75. The average molecular weight is 247 g/mol. The number of nitrogens with zero attached hydrogens (tertiary/aromatic N) is 1. The van der Waals surface area contributed by atoms with Gasteiger partial charge in [-0.1, -0.05) is 26.3 Å². The molecule has 2 nitrogen and oxygen atoms in total. The molecule has 0 radical (unpaired) electrons. The molecule has 1 N–H and O–H groups in total. The molecule has 0 amide bonds. The summed E-state index contributed by atoms with van der Waals surface area (Å²) in [5.74, 6) is 1.15. The quantitative estimate of drug-likeness (QED) is 0.876. The molecule has 1 aromatic rings. The summed E-state index contributed by atoms with van der Waals surface area (Å²) in [5.41, 5.74) is 2.76. The fraction of sp³-hybridized carbons (Fsp3) is 0.625. The minimum Gasteiger partial charge on any atom is -0.508 e. The average Bonchev–Trinajstić information content (AvgIpc) is 2.37. The van der Waals surface area contributed by atoms with Crippen LogP contribution in [0, 0.1) is 5.92 Å². The molecule has 0 saturated carbocycles. The van der Waals surface area contributed by atoms with E-state index in [9.17, 15) is 5.11 Å². The van der Waals surface area contributed by atoms with Gasteiger partial charge in [0.05, 0.1) is 0 Å². The largest absolute Gasteiger partial charge is 0.508 e. The van der Waals surface area contributed by atoms with Gasteiger partial charge in [-0.3, -0.25) is 4.90 Å². The predicted molar refractivity (Wildman–Crippen MR) is 75.9 cm³/mol. The van der Waals surface area contributed by atoms with E-state index in [1.54, 1.807) is 0 Å². The van der Waals surface area contributed by atoms with Crippen molar-refractivity contribution in [1.82, 2.24) is 4.90 Å². The summed E-state index contributed by atoms with van der Waals surface area (Å²) < 4.78 is 0. The normalized spacial score (nSPS) is 20.8. The first-order chi connectivity index (χ1) is 8.61. The maximum absolute atomic E-state index is 9.58. The molecule has 100 valence electrons. The number of hydrogen-bond acceptors (Lipinski definition) is 2. The van der Waals surface area contributed by atoms with Crippen LogP contribution in [-0.4, -0.2) is 23.6 Å². The van der Waals surface area contributed by atoms with Crippen LogP contribution in [0.2, 0.25) is 0 Å². The van der Waals surface area contributed by atoms with Crippen LogP contribution in [0.15, 0.2) is 18.2 Å². The maximum atomic E-state index is 9.58. The Kier molecular flexibility index (Phi) is 4.28. The van der Waals surface area contributed by atoms with Crippen LogP contribution in [0.1, 0.15) is 50.3 Å². The fourth-order valence-electron chi connectivity index (χ4n) is 2.98. The van der Waals surface area contributed by atoms with Gasteiger partial charge in [0.25, 0.3) is 0 Å². The molecule has 1 aliphatic carbocycles. The molecular formula is C16H25NO. The van der Waals surface area contributed by atoms with Crippen molar-refractivity contribution in [1.29, 1.82) is 0 Å². The van der Waals surface area contributed by atoms with E-state index in [1.807, 2.05) is 12.1 Å². The van der Waals surface area contributed by atoms with Crippen molar-refractivity contribution in [3.8, 4) is 5.75 Å². The topological polar surface area (TPSA) is 23.5 Å². The summed E-state index contributed by atoms with van der Waals surface area (Å²) in [6, 6.07) is 6.41. The highest BCUT2D eigenvalue weighted by atomic mass is 16.3. The number of phenolic OH excluding ortho intramolecular Hbond substituents is 1. The first-order valence-corrected chi connectivity index (χ1v) is 7.13. The molecule has 2 heteroatoms. The molecule has 2 unspecified atom stereocenters. The standard InChI is InChI=1S/C16H25NO/c1-4-12(2)11-17(3)16-7-5-6-13-10-14(18)8-9-15(13)16/h8-10,12,16,18H,4-7,11H2,1-3H3. The Morgan fingerprint density at radius 1 is 1.44 bits per heavy atom. The molecule has 0 spiro atoms. The Hall–Kier alpha value is -1.02. The van der Waals surface area contributed by atoms with Gasteiger partial charge in [0.15, 0.2) is 0 Å². The molecular weight excluding hydrogens is 222 g/mol. The highest BCUT2D eigenvalue weighted by Gasteiger charge is 2.24. The first kappa shape index (κ1) is 13.4. The van der Waals surface area contributed by atoms with Gasteiger partial charge in [0.1, 0.15) is 5.75 Å². The third-order valence-corrected chi connectivity index (χ3v) is 4.24. The highest BCUT2D eigenvalue weighted by Crippen LogP contribution is 2.35. The number of benzene rings is 1. The lowest BCUT2D eigenvalue weighted by Crippen LogP contribution is -2.31. The molecule has 0 heterocycles. The molecule has 1 aliphatic rings. The van der Waals surface area contributed by atoms with Gasteiger partial charge in [-0.15, -0.1) is 0 Å². The van der Waals surface area contributed by atoms with Gasteiger partial charge in [-0.2, -0.15) is 0 Å². The lowest BCUT2D eigenvalue weighted by Gasteiger charge is -2.34. The van der Waals surface area contributed by atoms with E-state index < -0.39 is 0 Å². The van der Waals surface area contributed by atoms with Gasteiger partial charge < -0.3 is 5.11 Å². The van der Waals surface area contributed by atoms with Crippen molar-refractivity contribution in [2.45, 2.75) is 45.6 Å². The lowest BCUT2D eigenvalue weighted by molar-refractivity contribution is 0.192. The second kappa shape index (κ2) is 5.75. The zero-order valence-electron chi connectivity index (χ0n) is 11.8. The first-order valence-electron chi connectivity index (χ1n) is 7.13. The lowest BCUT2D eigenvalue weighted by atomic mass is 9.86. The molecule has 18 heavy (non-hydrogen) atoms. The van der Waals surface area contributed by atoms with Crippen LogP contribution in [-0.2, 0) is 6.42 Å². The minimum atomic E-state index is 0.402. The Morgan fingerprint density at radius 3 is 2.94 bits per heavy atom. The van der Waals surface area contributed by atoms with Crippen molar-refractivity contribution >= 4 is 0 Å². The number of aryl methyl sites for hydroxylation is 1. The highest BCUT2D eigenvalue weighted by molar-refractivity contribution is 5.38. The maximum Gasteiger partial charge on any atom is 0.115 e. The molecule has 2 atom stereocenters. The molecule has 1 aromatic carbocycles. The van der Waals surface area contributed by atoms with Gasteiger partial charge in [-0.25, -0.2) is 0 Å². The Balaban J connectivity index is 2.16. The molecule has 0 aromatic heterocycles. The van der Waals surface area contributed by atoms with Crippen LogP contribution >= 0.6 is 0 Å². The minimum absolute atomic E-state index is 0.402. The van der Waals surface area contributed by atoms with Crippen LogP contribution < -0.4 is 0 Å². The van der Waals surface area contributed by atoms with E-state index in [1.165, 1.54) is 30.4 Å². The number of hydrogen-bond donors (Lipinski definition) is 1. The summed E-state index contributed by atoms with van der Waals surface area (Å²) >= 11 is 0. The zero-order chi connectivity index (χ0) is 13.1. The van der Waals surface area contributed by atoms with E-state index in [-0.39, 0.29) is 0 Å². The number of aromatic hydroxyl groups is 1. The summed E-state index contributed by atoms with van der Waals surface area (Å²) in [5, 5.41) is 9.58. The Bertz CT molecular complexity index is 402. The van der Waals surface area contributed by atoms with Crippen molar-refractivity contribution in [3.05, 3.63) is 29.3 Å². The van der Waals surface area contributed by atoms with Gasteiger partial charge >= 0.3 is 0 Å². The molecule has 0 aliphatic heterocycles. The summed E-state index contributed by atoms with van der Waals surface area (Å²) in [6.45, 7) is 5.73. The van der Waals surface area contributed by atoms with Gasteiger partial charge in [-0.05, 0) is 55.5 Å². The molecule has 0 bridgehead atoms. The van der Waals surface area contributed by atoms with E-state index in [0.29, 0.717) is 11.8 Å². The Morgan fingerprint density at radius 2 is 2.22 bits per heavy atom. The van der Waals surface area contributed by atoms with Crippen molar-refractivity contribution in [2.24, 2.45) is 5.92 Å². The fourth-order valence-corrected chi connectivity index (χ4v) is 2.98. The number of rotatable bonds is 4. The van der Waals surface area contributed by atoms with E-state index in [0.717, 1.165) is 18.9 Å². The second-order valence-corrected chi connectivity index (χ2v) is 5.74. The van der Waals surface area contributed by atoms with Crippen molar-refractivity contribution < 1.29 is 5.11 Å². The third-order valence-electron chi connectivity index (χ3n) is 4.24. The summed E-state index contributed by atoms with van der Waals surface area (Å²) in [6.07, 6.45) is 4.81. The number of phenols is 1. The van der Waals surface area contributed by atoms with Gasteiger partial charge in [0.2, 0.25) is 0 Å². The third kappa shape index (κ3) is 2.86. The van der Waals surface area contributed by atoms with Crippen LogP contribution in [0.25, 0.3) is 0 Å². The van der Waals surface area contributed by atoms with Gasteiger partial charge in [0, 0.05) is 12.6 Å². The molecule has 0 saturated heterocycles. The van der Waals surface area contributed by atoms with Crippen molar-refractivity contribution in [3.63, 3.8) is 0 Å². The molecule has 0 fully saturated rings. The molecule has 2 rings (SSSR count). The summed E-state index contributed by atoms with van der Waals surface area (Å²) in [7, 11) is 2.23. The summed E-state index contributed by atoms with van der Waals surface area (Å²) in [4.78, 5) is 2.49. The van der Waals surface area contributed by atoms with Crippen LogP contribution in [0.5, 0.6) is 5.75 Å². The SMILES string of the molecule is CCC(C)CN(C)C1CCCc2cc(O)ccc21. The van der Waals surface area contributed by atoms with E-state index >= 15 is 0 Å². The van der Waals surface area contributed by atoms with E-state index in [4.69, 9.17) is 0 Å². The zero-order valence-corrected chi connectivity index (χ0v) is 11.8. The van der Waals surface area contributed by atoms with Crippen LogP contribution in [0.3, 0.4) is 0 Å². The van der Waals surface area contributed by atoms with E-state index in [2.05, 4.69) is 31.9 Å². The van der Waals surface area contributed by atoms with Crippen LogP contribution in [0.4, 0.5) is 0 Å².